The normalized spacial score (nSPS) is 10.3. The Labute approximate surface area is 108 Å². The van der Waals surface area contributed by atoms with Gasteiger partial charge in [0.15, 0.2) is 0 Å². The minimum absolute atomic E-state index is 0.144. The largest absolute Gasteiger partial charge is 0.384 e. The summed E-state index contributed by atoms with van der Waals surface area (Å²) in [7, 11) is 1.86. The van der Waals surface area contributed by atoms with Crippen LogP contribution in [0.2, 0.25) is 0 Å². The maximum atomic E-state index is 13.2. The Bertz CT molecular complexity index is 553. The second kappa shape index (κ2) is 5.14. The van der Waals surface area contributed by atoms with Crippen LogP contribution in [0, 0.1) is 11.2 Å². The van der Waals surface area contributed by atoms with Gasteiger partial charge in [-0.25, -0.2) is 9.37 Å². The molecule has 0 saturated carbocycles. The Morgan fingerprint density at radius 2 is 2.33 bits per heavy atom. The topological polar surface area (TPSA) is 66.0 Å². The standard InChI is InChI=1S/C12H13FN4S/c1-17(5-9-6-18-7-16-9)11-3-2-8(13)4-10(11)12(14)15/h2-4,6-7H,5H2,1H3,(H3,14,15). The van der Waals surface area contributed by atoms with E-state index in [9.17, 15) is 4.39 Å². The van der Waals surface area contributed by atoms with Gasteiger partial charge in [0.25, 0.3) is 0 Å². The molecule has 2 aromatic rings. The molecule has 0 saturated heterocycles. The molecule has 0 bridgehead atoms. The average Bonchev–Trinajstić information content (AvgIpc) is 2.81. The zero-order valence-electron chi connectivity index (χ0n) is 9.85. The zero-order chi connectivity index (χ0) is 13.1. The van der Waals surface area contributed by atoms with Gasteiger partial charge < -0.3 is 10.6 Å². The first-order valence-electron chi connectivity index (χ1n) is 5.30. The Morgan fingerprint density at radius 1 is 1.56 bits per heavy atom. The summed E-state index contributed by atoms with van der Waals surface area (Å²) in [4.78, 5) is 6.09. The molecule has 94 valence electrons. The maximum absolute atomic E-state index is 13.2. The molecule has 1 aromatic carbocycles. The van der Waals surface area contributed by atoms with Crippen LogP contribution in [0.1, 0.15) is 11.3 Å². The van der Waals surface area contributed by atoms with E-state index in [0.29, 0.717) is 12.1 Å². The highest BCUT2D eigenvalue weighted by molar-refractivity contribution is 7.07. The van der Waals surface area contributed by atoms with Crippen LogP contribution in [-0.4, -0.2) is 17.9 Å². The Hall–Kier alpha value is -1.95. The van der Waals surface area contributed by atoms with E-state index < -0.39 is 5.82 Å². The smallest absolute Gasteiger partial charge is 0.125 e. The van der Waals surface area contributed by atoms with Gasteiger partial charge in [-0.1, -0.05) is 0 Å². The van der Waals surface area contributed by atoms with Crippen molar-refractivity contribution in [2.45, 2.75) is 6.54 Å². The molecule has 6 heteroatoms. The molecular formula is C12H13FN4S. The summed E-state index contributed by atoms with van der Waals surface area (Å²) in [5.41, 5.74) is 9.28. The number of nitrogen functional groups attached to an aromatic ring is 1. The number of nitrogens with two attached hydrogens (primary N) is 1. The molecule has 0 atom stereocenters. The lowest BCUT2D eigenvalue weighted by Gasteiger charge is -2.21. The molecule has 0 fully saturated rings. The third-order valence-electron chi connectivity index (χ3n) is 2.54. The van der Waals surface area contributed by atoms with Gasteiger partial charge in [0, 0.05) is 23.7 Å². The first-order valence-corrected chi connectivity index (χ1v) is 6.24. The van der Waals surface area contributed by atoms with Gasteiger partial charge >= 0.3 is 0 Å². The van der Waals surface area contributed by atoms with Crippen molar-refractivity contribution in [2.75, 3.05) is 11.9 Å². The summed E-state index contributed by atoms with van der Waals surface area (Å²) in [6, 6.07) is 4.26. The fourth-order valence-corrected chi connectivity index (χ4v) is 2.25. The summed E-state index contributed by atoms with van der Waals surface area (Å²) in [6.07, 6.45) is 0. The molecule has 1 heterocycles. The summed E-state index contributed by atoms with van der Waals surface area (Å²) in [6.45, 7) is 0.593. The van der Waals surface area contributed by atoms with E-state index in [0.717, 1.165) is 11.4 Å². The summed E-state index contributed by atoms with van der Waals surface area (Å²) >= 11 is 1.52. The zero-order valence-corrected chi connectivity index (χ0v) is 10.7. The van der Waals surface area contributed by atoms with Crippen LogP contribution in [-0.2, 0) is 6.54 Å². The monoisotopic (exact) mass is 264 g/mol. The fraction of sp³-hybridized carbons (Fsp3) is 0.167. The van der Waals surface area contributed by atoms with Crippen molar-refractivity contribution in [3.05, 3.63) is 46.2 Å². The quantitative estimate of drug-likeness (QED) is 0.657. The lowest BCUT2D eigenvalue weighted by Crippen LogP contribution is -2.22. The van der Waals surface area contributed by atoms with Crippen LogP contribution in [0.5, 0.6) is 0 Å². The molecule has 1 aromatic heterocycles. The first-order chi connectivity index (χ1) is 8.58. The number of thiazole rings is 1. The molecule has 3 N–H and O–H groups in total. The van der Waals surface area contributed by atoms with E-state index in [1.807, 2.05) is 17.3 Å². The van der Waals surface area contributed by atoms with Crippen LogP contribution < -0.4 is 10.6 Å². The van der Waals surface area contributed by atoms with Crippen molar-refractivity contribution in [1.29, 1.82) is 5.41 Å². The molecule has 0 amide bonds. The van der Waals surface area contributed by atoms with Crippen molar-refractivity contribution in [1.82, 2.24) is 4.98 Å². The number of anilines is 1. The lowest BCUT2D eigenvalue weighted by atomic mass is 10.1. The third kappa shape index (κ3) is 2.65. The van der Waals surface area contributed by atoms with E-state index in [4.69, 9.17) is 11.1 Å². The SMILES string of the molecule is CN(Cc1cscn1)c1ccc(F)cc1C(=N)N. The highest BCUT2D eigenvalue weighted by Crippen LogP contribution is 2.22. The summed E-state index contributed by atoms with van der Waals surface area (Å²) in [5, 5.41) is 9.44. The summed E-state index contributed by atoms with van der Waals surface area (Å²) < 4.78 is 13.2. The minimum atomic E-state index is -0.397. The van der Waals surface area contributed by atoms with Gasteiger partial charge in [0.2, 0.25) is 0 Å². The molecule has 0 aliphatic rings. The average molecular weight is 264 g/mol. The molecule has 0 unspecified atom stereocenters. The van der Waals surface area contributed by atoms with Crippen LogP contribution in [0.25, 0.3) is 0 Å². The number of nitrogens with zero attached hydrogens (tertiary/aromatic N) is 2. The molecular weight excluding hydrogens is 251 g/mol. The third-order valence-corrected chi connectivity index (χ3v) is 3.18. The van der Waals surface area contributed by atoms with Gasteiger partial charge in [-0.05, 0) is 18.2 Å². The number of hydrogen-bond acceptors (Lipinski definition) is 4. The van der Waals surface area contributed by atoms with Crippen molar-refractivity contribution in [2.24, 2.45) is 5.73 Å². The Balaban J connectivity index is 2.29. The van der Waals surface area contributed by atoms with Crippen molar-refractivity contribution in [3.8, 4) is 0 Å². The molecule has 0 spiro atoms. The summed E-state index contributed by atoms with van der Waals surface area (Å²) in [5.74, 6) is -0.541. The second-order valence-electron chi connectivity index (χ2n) is 3.91. The second-order valence-corrected chi connectivity index (χ2v) is 4.63. The van der Waals surface area contributed by atoms with Gasteiger partial charge in [0.05, 0.1) is 17.7 Å². The van der Waals surface area contributed by atoms with E-state index in [1.54, 1.807) is 11.6 Å². The highest BCUT2D eigenvalue weighted by atomic mass is 32.1. The van der Waals surface area contributed by atoms with Crippen LogP contribution in [0.4, 0.5) is 10.1 Å². The van der Waals surface area contributed by atoms with Crippen molar-refractivity contribution < 1.29 is 4.39 Å². The predicted octanol–water partition coefficient (Wildman–Crippen LogP) is 2.20. The van der Waals surface area contributed by atoms with E-state index in [2.05, 4.69) is 4.98 Å². The molecule has 0 radical (unpaired) electrons. The minimum Gasteiger partial charge on any atom is -0.384 e. The number of amidine groups is 1. The maximum Gasteiger partial charge on any atom is 0.125 e. The number of nitrogens with one attached hydrogen (secondary N) is 1. The van der Waals surface area contributed by atoms with Gasteiger partial charge in [-0.15, -0.1) is 11.3 Å². The number of hydrogen-bond donors (Lipinski definition) is 2. The molecule has 0 aliphatic carbocycles. The predicted molar refractivity (Wildman–Crippen MR) is 71.6 cm³/mol. The van der Waals surface area contributed by atoms with E-state index >= 15 is 0 Å². The number of aromatic nitrogens is 1. The number of benzene rings is 1. The van der Waals surface area contributed by atoms with Crippen molar-refractivity contribution in [3.63, 3.8) is 0 Å². The molecule has 0 aliphatic heterocycles. The van der Waals surface area contributed by atoms with Crippen molar-refractivity contribution >= 4 is 22.9 Å². The first kappa shape index (κ1) is 12.5. The molecule has 18 heavy (non-hydrogen) atoms. The van der Waals surface area contributed by atoms with Gasteiger partial charge in [-0.2, -0.15) is 0 Å². The van der Waals surface area contributed by atoms with E-state index in [-0.39, 0.29) is 5.84 Å². The number of halogens is 1. The fourth-order valence-electron chi connectivity index (χ4n) is 1.70. The van der Waals surface area contributed by atoms with Crippen LogP contribution in [0.3, 0.4) is 0 Å². The van der Waals surface area contributed by atoms with E-state index in [1.165, 1.54) is 23.5 Å². The van der Waals surface area contributed by atoms with Gasteiger partial charge in [-0.3, -0.25) is 5.41 Å². The highest BCUT2D eigenvalue weighted by Gasteiger charge is 2.12. The number of rotatable bonds is 4. The molecule has 4 nitrogen and oxygen atoms in total. The Morgan fingerprint density at radius 3 is 2.94 bits per heavy atom. The van der Waals surface area contributed by atoms with Crippen LogP contribution in [0.15, 0.2) is 29.1 Å². The molecule has 2 rings (SSSR count). The van der Waals surface area contributed by atoms with Gasteiger partial charge in [0.1, 0.15) is 11.7 Å². The Kier molecular flexibility index (Phi) is 3.57. The lowest BCUT2D eigenvalue weighted by molar-refractivity contribution is 0.627. The van der Waals surface area contributed by atoms with Crippen LogP contribution >= 0.6 is 11.3 Å².